The number of carbonyl (C=O) groups is 2. The molecule has 0 aromatic carbocycles. The third-order valence-corrected chi connectivity index (χ3v) is 6.48. The number of carbonyl (C=O) groups excluding carboxylic acids is 2. The van der Waals surface area contributed by atoms with Crippen LogP contribution in [0.4, 0.5) is 0 Å². The highest BCUT2D eigenvalue weighted by atomic mass is 16.5. The molecule has 1 saturated heterocycles. The van der Waals surface area contributed by atoms with Crippen molar-refractivity contribution in [2.75, 3.05) is 32.8 Å². The third-order valence-electron chi connectivity index (χ3n) is 6.48. The Morgan fingerprint density at radius 2 is 1.75 bits per heavy atom. The number of rotatable bonds is 7. The molecule has 2 amide bonds. The van der Waals surface area contributed by atoms with E-state index in [9.17, 15) is 9.59 Å². The van der Waals surface area contributed by atoms with Crippen molar-refractivity contribution in [3.05, 3.63) is 54.1 Å². The number of aromatic nitrogens is 2. The van der Waals surface area contributed by atoms with Crippen molar-refractivity contribution in [1.82, 2.24) is 19.8 Å². The lowest BCUT2D eigenvalue weighted by atomic mass is 9.87. The maximum absolute atomic E-state index is 13.0. The lowest BCUT2D eigenvalue weighted by molar-refractivity contribution is -0.131. The Morgan fingerprint density at radius 3 is 2.50 bits per heavy atom. The molecule has 7 heteroatoms. The fourth-order valence-corrected chi connectivity index (χ4v) is 4.56. The number of nitrogens with zero attached hydrogens (tertiary/aromatic N) is 4. The summed E-state index contributed by atoms with van der Waals surface area (Å²) in [5.41, 5.74) is 1.44. The summed E-state index contributed by atoms with van der Waals surface area (Å²) in [5, 5.41) is 0. The molecule has 0 N–H and O–H groups in total. The second kappa shape index (κ2) is 11.1. The van der Waals surface area contributed by atoms with E-state index in [0.29, 0.717) is 50.5 Å². The van der Waals surface area contributed by atoms with Crippen molar-refractivity contribution in [2.45, 2.75) is 44.9 Å². The summed E-state index contributed by atoms with van der Waals surface area (Å²) in [6.45, 7) is 2.78. The predicted molar refractivity (Wildman–Crippen MR) is 121 cm³/mol. The Morgan fingerprint density at radius 1 is 0.969 bits per heavy atom. The Balaban J connectivity index is 1.24. The number of piperazine rings is 1. The first-order valence-corrected chi connectivity index (χ1v) is 11.7. The molecule has 32 heavy (non-hydrogen) atoms. The Hall–Kier alpha value is -2.96. The summed E-state index contributed by atoms with van der Waals surface area (Å²) in [6, 6.07) is 5.53. The zero-order chi connectivity index (χ0) is 22.2. The Bertz CT molecular complexity index is 891. The van der Waals surface area contributed by atoms with Gasteiger partial charge in [-0.25, -0.2) is 0 Å². The first-order chi connectivity index (χ1) is 15.7. The molecule has 0 radical (unpaired) electrons. The van der Waals surface area contributed by atoms with Crippen molar-refractivity contribution in [2.24, 2.45) is 5.92 Å². The second-order valence-electron chi connectivity index (χ2n) is 8.76. The second-order valence-corrected chi connectivity index (χ2v) is 8.76. The van der Waals surface area contributed by atoms with Crippen LogP contribution in [0.5, 0.6) is 5.75 Å². The molecular weight excluding hydrogens is 404 g/mol. The van der Waals surface area contributed by atoms with E-state index in [-0.39, 0.29) is 11.8 Å². The van der Waals surface area contributed by atoms with E-state index in [1.54, 1.807) is 35.8 Å². The lowest BCUT2D eigenvalue weighted by Crippen LogP contribution is -2.51. The number of hydrogen-bond acceptors (Lipinski definition) is 5. The standard InChI is InChI=1S/C25H32N4O3/c30-24(15-21-7-4-9-26-17-21)28-10-12-29(13-11-28)25(31)22-16-23(19-27-18-22)32-14-8-20-5-2-1-3-6-20/h4,7,9,16-20H,1-3,5-6,8,10-15H2. The fraction of sp³-hybridized carbons (Fsp3) is 0.520. The zero-order valence-corrected chi connectivity index (χ0v) is 18.6. The predicted octanol–water partition coefficient (Wildman–Crippen LogP) is 3.35. The largest absolute Gasteiger partial charge is 0.492 e. The highest BCUT2D eigenvalue weighted by molar-refractivity contribution is 5.94. The van der Waals surface area contributed by atoms with Crippen LogP contribution in [0, 0.1) is 5.92 Å². The summed E-state index contributed by atoms with van der Waals surface area (Å²) < 4.78 is 5.90. The van der Waals surface area contributed by atoms with Crippen molar-refractivity contribution >= 4 is 11.8 Å². The molecule has 1 aliphatic heterocycles. The van der Waals surface area contributed by atoms with E-state index >= 15 is 0 Å². The van der Waals surface area contributed by atoms with Crippen LogP contribution in [0.2, 0.25) is 0 Å². The first-order valence-electron chi connectivity index (χ1n) is 11.7. The van der Waals surface area contributed by atoms with Gasteiger partial charge in [-0.05, 0) is 30.0 Å². The van der Waals surface area contributed by atoms with Crippen LogP contribution in [0.3, 0.4) is 0 Å². The topological polar surface area (TPSA) is 75.6 Å². The van der Waals surface area contributed by atoms with Gasteiger partial charge >= 0.3 is 0 Å². The molecule has 0 unspecified atom stereocenters. The molecule has 4 rings (SSSR count). The summed E-state index contributed by atoms with van der Waals surface area (Å²) >= 11 is 0. The van der Waals surface area contributed by atoms with Gasteiger partial charge in [0, 0.05) is 44.8 Å². The van der Waals surface area contributed by atoms with E-state index in [2.05, 4.69) is 9.97 Å². The molecule has 2 aromatic rings. The smallest absolute Gasteiger partial charge is 0.255 e. The Kier molecular flexibility index (Phi) is 7.69. The van der Waals surface area contributed by atoms with Crippen LogP contribution in [-0.2, 0) is 11.2 Å². The van der Waals surface area contributed by atoms with Crippen molar-refractivity contribution < 1.29 is 14.3 Å². The Labute approximate surface area is 189 Å². The van der Waals surface area contributed by atoms with Gasteiger partial charge in [-0.2, -0.15) is 0 Å². The van der Waals surface area contributed by atoms with Gasteiger partial charge in [0.2, 0.25) is 5.91 Å². The molecule has 1 saturated carbocycles. The van der Waals surface area contributed by atoms with E-state index in [1.165, 1.54) is 32.1 Å². The van der Waals surface area contributed by atoms with E-state index in [0.717, 1.165) is 17.9 Å². The highest BCUT2D eigenvalue weighted by Crippen LogP contribution is 2.26. The molecule has 7 nitrogen and oxygen atoms in total. The maximum atomic E-state index is 13.0. The van der Waals surface area contributed by atoms with Gasteiger partial charge in [0.1, 0.15) is 5.75 Å². The van der Waals surface area contributed by atoms with Crippen LogP contribution in [0.15, 0.2) is 43.0 Å². The molecule has 2 aliphatic rings. The van der Waals surface area contributed by atoms with Gasteiger partial charge in [0.15, 0.2) is 0 Å². The molecule has 3 heterocycles. The minimum Gasteiger partial charge on any atom is -0.492 e. The van der Waals surface area contributed by atoms with Crippen LogP contribution in [0.25, 0.3) is 0 Å². The molecule has 170 valence electrons. The average molecular weight is 437 g/mol. The summed E-state index contributed by atoms with van der Waals surface area (Å²) in [7, 11) is 0. The highest BCUT2D eigenvalue weighted by Gasteiger charge is 2.25. The summed E-state index contributed by atoms with van der Waals surface area (Å²) in [6.07, 6.45) is 14.7. The summed E-state index contributed by atoms with van der Waals surface area (Å²) in [5.74, 6) is 1.42. The minimum atomic E-state index is -0.0606. The van der Waals surface area contributed by atoms with Gasteiger partial charge in [0.05, 0.1) is 24.8 Å². The van der Waals surface area contributed by atoms with E-state index < -0.39 is 0 Å². The quantitative estimate of drug-likeness (QED) is 0.665. The minimum absolute atomic E-state index is 0.0606. The molecule has 2 fully saturated rings. The SMILES string of the molecule is O=C(Cc1cccnc1)N1CCN(C(=O)c2cncc(OCCC3CCCCC3)c2)CC1. The normalized spacial score (nSPS) is 17.2. The van der Waals surface area contributed by atoms with Gasteiger partial charge < -0.3 is 14.5 Å². The van der Waals surface area contributed by atoms with E-state index in [4.69, 9.17) is 4.74 Å². The van der Waals surface area contributed by atoms with Crippen LogP contribution >= 0.6 is 0 Å². The lowest BCUT2D eigenvalue weighted by Gasteiger charge is -2.34. The van der Waals surface area contributed by atoms with Gasteiger partial charge in [-0.1, -0.05) is 38.2 Å². The maximum Gasteiger partial charge on any atom is 0.255 e. The monoisotopic (exact) mass is 436 g/mol. The van der Waals surface area contributed by atoms with Crippen molar-refractivity contribution in [1.29, 1.82) is 0 Å². The molecule has 0 bridgehead atoms. The van der Waals surface area contributed by atoms with Crippen LogP contribution in [-0.4, -0.2) is 64.4 Å². The summed E-state index contributed by atoms with van der Waals surface area (Å²) in [4.78, 5) is 37.4. The third kappa shape index (κ3) is 6.05. The van der Waals surface area contributed by atoms with Gasteiger partial charge in [-0.15, -0.1) is 0 Å². The molecule has 1 aliphatic carbocycles. The van der Waals surface area contributed by atoms with Crippen LogP contribution < -0.4 is 4.74 Å². The van der Waals surface area contributed by atoms with Gasteiger partial charge in [0.25, 0.3) is 5.91 Å². The molecular formula is C25H32N4O3. The average Bonchev–Trinajstić information content (AvgIpc) is 2.85. The number of ether oxygens (including phenoxy) is 1. The van der Waals surface area contributed by atoms with Crippen molar-refractivity contribution in [3.63, 3.8) is 0 Å². The fourth-order valence-electron chi connectivity index (χ4n) is 4.56. The van der Waals surface area contributed by atoms with E-state index in [1.807, 2.05) is 17.0 Å². The van der Waals surface area contributed by atoms with Crippen molar-refractivity contribution in [3.8, 4) is 5.75 Å². The number of amides is 2. The number of hydrogen-bond donors (Lipinski definition) is 0. The first kappa shape index (κ1) is 22.2. The van der Waals surface area contributed by atoms with Crippen LogP contribution in [0.1, 0.15) is 54.4 Å². The number of pyridine rings is 2. The molecule has 2 aromatic heterocycles. The molecule has 0 spiro atoms. The zero-order valence-electron chi connectivity index (χ0n) is 18.6. The van der Waals surface area contributed by atoms with Gasteiger partial charge in [-0.3, -0.25) is 19.6 Å². The molecule has 0 atom stereocenters.